The van der Waals surface area contributed by atoms with Crippen LogP contribution in [0.5, 0.6) is 17.2 Å². The number of rotatable bonds is 7. The van der Waals surface area contributed by atoms with Gasteiger partial charge in [0.05, 0.1) is 33.4 Å². The van der Waals surface area contributed by atoms with Crippen LogP contribution in [0.4, 0.5) is 5.82 Å². The van der Waals surface area contributed by atoms with Crippen molar-refractivity contribution in [2.45, 2.75) is 13.5 Å². The Morgan fingerprint density at radius 3 is 2.43 bits per heavy atom. The molecule has 28 heavy (non-hydrogen) atoms. The van der Waals surface area contributed by atoms with Crippen LogP contribution in [0.15, 0.2) is 48.7 Å². The number of nitrogens with zero attached hydrogens (tertiary/aromatic N) is 2. The van der Waals surface area contributed by atoms with Gasteiger partial charge in [0, 0.05) is 12.3 Å². The third kappa shape index (κ3) is 3.93. The van der Waals surface area contributed by atoms with E-state index in [0.29, 0.717) is 35.2 Å². The first-order valence-corrected chi connectivity index (χ1v) is 8.75. The largest absolute Gasteiger partial charge is 0.493 e. The van der Waals surface area contributed by atoms with E-state index >= 15 is 0 Å². The zero-order valence-corrected chi connectivity index (χ0v) is 16.4. The van der Waals surface area contributed by atoms with Gasteiger partial charge in [-0.15, -0.1) is 0 Å². The van der Waals surface area contributed by atoms with Crippen molar-refractivity contribution in [3.8, 4) is 17.2 Å². The first-order valence-electron chi connectivity index (χ1n) is 8.75. The van der Waals surface area contributed by atoms with Crippen molar-refractivity contribution in [3.63, 3.8) is 0 Å². The van der Waals surface area contributed by atoms with Gasteiger partial charge in [-0.1, -0.05) is 24.3 Å². The molecule has 2 aromatic carbocycles. The molecular formula is C21H23N3O4. The summed E-state index contributed by atoms with van der Waals surface area (Å²) in [6, 6.07) is 13.2. The fourth-order valence-electron chi connectivity index (χ4n) is 2.94. The Morgan fingerprint density at radius 1 is 1.00 bits per heavy atom. The molecule has 0 spiro atoms. The minimum Gasteiger partial charge on any atom is -0.493 e. The molecule has 1 N–H and O–H groups in total. The highest BCUT2D eigenvalue weighted by atomic mass is 16.5. The number of benzene rings is 2. The molecule has 0 fully saturated rings. The summed E-state index contributed by atoms with van der Waals surface area (Å²) in [5, 5.41) is 7.23. The van der Waals surface area contributed by atoms with Crippen LogP contribution >= 0.6 is 0 Å². The number of hydrogen-bond acceptors (Lipinski definition) is 5. The Morgan fingerprint density at radius 2 is 1.75 bits per heavy atom. The second-order valence-electron chi connectivity index (χ2n) is 6.16. The zero-order chi connectivity index (χ0) is 20.1. The second-order valence-corrected chi connectivity index (χ2v) is 6.16. The van der Waals surface area contributed by atoms with Crippen LogP contribution in [-0.2, 0) is 6.54 Å². The predicted octanol–water partition coefficient (Wildman–Crippen LogP) is 3.52. The lowest BCUT2D eigenvalue weighted by molar-refractivity contribution is 0.102. The van der Waals surface area contributed by atoms with E-state index in [1.165, 1.54) is 32.5 Å². The number of aryl methyl sites for hydroxylation is 1. The Hall–Kier alpha value is -3.48. The van der Waals surface area contributed by atoms with Gasteiger partial charge in [0.25, 0.3) is 5.91 Å². The van der Waals surface area contributed by atoms with E-state index in [0.717, 1.165) is 0 Å². The van der Waals surface area contributed by atoms with Crippen molar-refractivity contribution >= 4 is 11.7 Å². The number of methoxy groups -OCH3 is 3. The monoisotopic (exact) mass is 381 g/mol. The van der Waals surface area contributed by atoms with Crippen LogP contribution in [0, 0.1) is 6.92 Å². The van der Waals surface area contributed by atoms with Gasteiger partial charge in [0.15, 0.2) is 17.3 Å². The number of ether oxygens (including phenoxy) is 3. The van der Waals surface area contributed by atoms with E-state index in [1.807, 2.05) is 18.3 Å². The SMILES string of the molecule is COc1ccc(C(=O)Nc2ccn(Cc3ccccc3C)n2)c(OC)c1OC. The number of carbonyl (C=O) groups is 1. The summed E-state index contributed by atoms with van der Waals surface area (Å²) in [5.74, 6) is 1.26. The van der Waals surface area contributed by atoms with E-state index < -0.39 is 0 Å². The van der Waals surface area contributed by atoms with Gasteiger partial charge in [-0.25, -0.2) is 0 Å². The van der Waals surface area contributed by atoms with Gasteiger partial charge >= 0.3 is 0 Å². The highest BCUT2D eigenvalue weighted by molar-refractivity contribution is 6.06. The van der Waals surface area contributed by atoms with E-state index in [4.69, 9.17) is 14.2 Å². The standard InChI is InChI=1S/C21H23N3O4/c1-14-7-5-6-8-15(14)13-24-12-11-18(23-24)22-21(25)16-9-10-17(26-2)20(28-4)19(16)27-3/h5-12H,13H2,1-4H3,(H,22,23,25). The Bertz CT molecular complexity index is 982. The highest BCUT2D eigenvalue weighted by Gasteiger charge is 2.21. The van der Waals surface area contributed by atoms with E-state index in [-0.39, 0.29) is 5.91 Å². The molecule has 7 heteroatoms. The van der Waals surface area contributed by atoms with Gasteiger partial charge in [0.2, 0.25) is 5.75 Å². The minimum atomic E-state index is -0.348. The zero-order valence-electron chi connectivity index (χ0n) is 16.4. The smallest absolute Gasteiger partial charge is 0.260 e. The molecule has 3 rings (SSSR count). The average molecular weight is 381 g/mol. The fourth-order valence-corrected chi connectivity index (χ4v) is 2.94. The molecule has 0 aliphatic heterocycles. The molecule has 146 valence electrons. The lowest BCUT2D eigenvalue weighted by Gasteiger charge is -2.15. The number of carbonyl (C=O) groups excluding carboxylic acids is 1. The Balaban J connectivity index is 1.79. The minimum absolute atomic E-state index is 0.304. The first kappa shape index (κ1) is 19.3. The summed E-state index contributed by atoms with van der Waals surface area (Å²) in [6.07, 6.45) is 1.83. The van der Waals surface area contributed by atoms with Gasteiger partial charge in [-0.2, -0.15) is 5.10 Å². The molecule has 7 nitrogen and oxygen atoms in total. The van der Waals surface area contributed by atoms with Crippen molar-refractivity contribution < 1.29 is 19.0 Å². The molecular weight excluding hydrogens is 358 g/mol. The summed E-state index contributed by atoms with van der Waals surface area (Å²) in [7, 11) is 4.50. The molecule has 0 saturated carbocycles. The first-order chi connectivity index (χ1) is 13.6. The third-order valence-corrected chi connectivity index (χ3v) is 4.42. The molecule has 0 aliphatic rings. The molecule has 3 aromatic rings. The van der Waals surface area contributed by atoms with E-state index in [1.54, 1.807) is 22.9 Å². The summed E-state index contributed by atoms with van der Waals surface area (Å²) in [4.78, 5) is 12.7. The van der Waals surface area contributed by atoms with Crippen molar-refractivity contribution in [2.75, 3.05) is 26.6 Å². The van der Waals surface area contributed by atoms with E-state index in [2.05, 4.69) is 29.5 Å². The van der Waals surface area contributed by atoms with Crippen LogP contribution in [-0.4, -0.2) is 37.0 Å². The number of anilines is 1. The molecule has 0 aliphatic carbocycles. The lowest BCUT2D eigenvalue weighted by Crippen LogP contribution is -2.15. The molecule has 0 radical (unpaired) electrons. The molecule has 0 atom stereocenters. The van der Waals surface area contributed by atoms with Crippen molar-refractivity contribution in [3.05, 3.63) is 65.4 Å². The van der Waals surface area contributed by atoms with Crippen LogP contribution in [0.2, 0.25) is 0 Å². The van der Waals surface area contributed by atoms with Crippen LogP contribution in [0.3, 0.4) is 0 Å². The molecule has 0 unspecified atom stereocenters. The van der Waals surface area contributed by atoms with E-state index in [9.17, 15) is 4.79 Å². The normalized spacial score (nSPS) is 10.4. The third-order valence-electron chi connectivity index (χ3n) is 4.42. The van der Waals surface area contributed by atoms with Gasteiger partial charge in [-0.05, 0) is 30.2 Å². The molecule has 1 heterocycles. The van der Waals surface area contributed by atoms with Crippen LogP contribution < -0.4 is 19.5 Å². The summed E-state index contributed by atoms with van der Waals surface area (Å²) in [5.41, 5.74) is 2.69. The quantitative estimate of drug-likeness (QED) is 0.678. The maximum Gasteiger partial charge on any atom is 0.260 e. The maximum absolute atomic E-state index is 12.7. The van der Waals surface area contributed by atoms with Crippen LogP contribution in [0.25, 0.3) is 0 Å². The Labute approximate surface area is 163 Å². The van der Waals surface area contributed by atoms with Gasteiger partial charge in [-0.3, -0.25) is 9.48 Å². The Kier molecular flexibility index (Phi) is 5.84. The number of nitrogens with one attached hydrogen (secondary N) is 1. The topological polar surface area (TPSA) is 74.6 Å². The van der Waals surface area contributed by atoms with Gasteiger partial charge in [0.1, 0.15) is 0 Å². The summed E-state index contributed by atoms with van der Waals surface area (Å²) in [6.45, 7) is 2.69. The maximum atomic E-state index is 12.7. The lowest BCUT2D eigenvalue weighted by atomic mass is 10.1. The summed E-state index contributed by atoms with van der Waals surface area (Å²) < 4.78 is 17.7. The molecule has 1 amide bonds. The van der Waals surface area contributed by atoms with Crippen molar-refractivity contribution in [1.82, 2.24) is 9.78 Å². The molecule has 0 saturated heterocycles. The van der Waals surface area contributed by atoms with Crippen molar-refractivity contribution in [2.24, 2.45) is 0 Å². The number of aromatic nitrogens is 2. The van der Waals surface area contributed by atoms with Gasteiger partial charge < -0.3 is 19.5 Å². The fraction of sp³-hybridized carbons (Fsp3) is 0.238. The second kappa shape index (κ2) is 8.47. The highest BCUT2D eigenvalue weighted by Crippen LogP contribution is 2.39. The predicted molar refractivity (Wildman–Crippen MR) is 107 cm³/mol. The average Bonchev–Trinajstić information content (AvgIpc) is 3.15. The van der Waals surface area contributed by atoms with Crippen LogP contribution in [0.1, 0.15) is 21.5 Å². The molecule has 1 aromatic heterocycles. The van der Waals surface area contributed by atoms with Crippen molar-refractivity contribution in [1.29, 1.82) is 0 Å². The number of amides is 1. The summed E-state index contributed by atoms with van der Waals surface area (Å²) >= 11 is 0. The molecule has 0 bridgehead atoms. The number of hydrogen-bond donors (Lipinski definition) is 1.